The van der Waals surface area contributed by atoms with Gasteiger partial charge in [-0.1, -0.05) is 38.8 Å². The van der Waals surface area contributed by atoms with E-state index in [9.17, 15) is 0 Å². The molecule has 0 aromatic heterocycles. The predicted octanol–water partition coefficient (Wildman–Crippen LogP) is 4.02. The summed E-state index contributed by atoms with van der Waals surface area (Å²) in [7, 11) is 0. The zero-order valence-corrected chi connectivity index (χ0v) is 8.93. The molecule has 0 aromatic carbocycles. The minimum absolute atomic E-state index is 0.869. The number of rotatable bonds is 4. The van der Waals surface area contributed by atoms with Crippen LogP contribution in [0, 0.1) is 17.8 Å². The molecule has 0 N–H and O–H groups in total. The van der Waals surface area contributed by atoms with Crippen LogP contribution < -0.4 is 0 Å². The van der Waals surface area contributed by atoms with E-state index >= 15 is 0 Å². The Morgan fingerprint density at radius 1 is 1.58 bits per heavy atom. The van der Waals surface area contributed by atoms with Crippen LogP contribution >= 0.6 is 0 Å². The molecule has 3 atom stereocenters. The van der Waals surface area contributed by atoms with E-state index in [1.807, 2.05) is 0 Å². The van der Waals surface area contributed by atoms with Gasteiger partial charge in [0.25, 0.3) is 0 Å². The highest BCUT2D eigenvalue weighted by atomic mass is 14.4. The maximum absolute atomic E-state index is 2.46. The highest BCUT2D eigenvalue weighted by Gasteiger charge is 2.33. The van der Waals surface area contributed by atoms with Crippen LogP contribution in [0.1, 0.15) is 47.0 Å². The summed E-state index contributed by atoms with van der Waals surface area (Å²) in [6.45, 7) is 9.26. The fourth-order valence-corrected chi connectivity index (χ4v) is 1.66. The van der Waals surface area contributed by atoms with Gasteiger partial charge in [0.1, 0.15) is 0 Å². The molecule has 0 saturated heterocycles. The largest absolute Gasteiger partial charge is 0.0851 e. The lowest BCUT2D eigenvalue weighted by atomic mass is 10.0. The summed E-state index contributed by atoms with van der Waals surface area (Å²) in [6, 6.07) is 0. The monoisotopic (exact) mass is 166 g/mol. The van der Waals surface area contributed by atoms with Crippen molar-refractivity contribution in [2.45, 2.75) is 47.0 Å². The van der Waals surface area contributed by atoms with Gasteiger partial charge in [-0.15, -0.1) is 0 Å². The molecule has 0 heteroatoms. The Bertz CT molecular complexity index is 167. The molecule has 0 aliphatic heterocycles. The van der Waals surface area contributed by atoms with Crippen molar-refractivity contribution in [3.8, 4) is 0 Å². The first-order valence-corrected chi connectivity index (χ1v) is 5.31. The highest BCUT2D eigenvalue weighted by Crippen LogP contribution is 2.43. The second kappa shape index (κ2) is 4.11. The van der Waals surface area contributed by atoms with Gasteiger partial charge in [0.15, 0.2) is 0 Å². The van der Waals surface area contributed by atoms with Crippen LogP contribution in [0.4, 0.5) is 0 Å². The Balaban J connectivity index is 2.26. The minimum atomic E-state index is 0.869. The van der Waals surface area contributed by atoms with Gasteiger partial charge in [-0.05, 0) is 37.5 Å². The molecule has 1 rings (SSSR count). The van der Waals surface area contributed by atoms with Crippen molar-refractivity contribution in [2.75, 3.05) is 0 Å². The maximum atomic E-state index is 2.46. The van der Waals surface area contributed by atoms with Crippen molar-refractivity contribution in [1.82, 2.24) is 0 Å². The molecule has 0 bridgehead atoms. The summed E-state index contributed by atoms with van der Waals surface area (Å²) in [4.78, 5) is 0. The quantitative estimate of drug-likeness (QED) is 0.553. The third kappa shape index (κ3) is 2.66. The fraction of sp³-hybridized carbons (Fsp3) is 0.833. The van der Waals surface area contributed by atoms with Crippen LogP contribution in [0.15, 0.2) is 11.6 Å². The van der Waals surface area contributed by atoms with Crippen LogP contribution in [0.25, 0.3) is 0 Å². The molecule has 3 unspecified atom stereocenters. The van der Waals surface area contributed by atoms with Gasteiger partial charge in [0.05, 0.1) is 0 Å². The third-order valence-corrected chi connectivity index (χ3v) is 3.23. The first kappa shape index (κ1) is 9.83. The summed E-state index contributed by atoms with van der Waals surface area (Å²) in [6.07, 6.45) is 6.49. The summed E-state index contributed by atoms with van der Waals surface area (Å²) >= 11 is 0. The lowest BCUT2D eigenvalue weighted by molar-refractivity contribution is 0.568. The SMILES string of the molecule is CCC(C)CC=C(C)C1CC1C. The molecular formula is C12H22. The first-order valence-electron chi connectivity index (χ1n) is 5.31. The number of hydrogen-bond acceptors (Lipinski definition) is 0. The summed E-state index contributed by atoms with van der Waals surface area (Å²) in [5.41, 5.74) is 1.64. The van der Waals surface area contributed by atoms with Crippen molar-refractivity contribution in [3.63, 3.8) is 0 Å². The molecule has 12 heavy (non-hydrogen) atoms. The predicted molar refractivity (Wildman–Crippen MR) is 55.1 cm³/mol. The van der Waals surface area contributed by atoms with Gasteiger partial charge in [0, 0.05) is 0 Å². The van der Waals surface area contributed by atoms with E-state index in [1.54, 1.807) is 5.57 Å². The van der Waals surface area contributed by atoms with E-state index in [2.05, 4.69) is 33.8 Å². The zero-order valence-electron chi connectivity index (χ0n) is 8.93. The maximum Gasteiger partial charge on any atom is -0.0177 e. The number of allylic oxidation sites excluding steroid dienone is 2. The van der Waals surface area contributed by atoms with Gasteiger partial charge in [-0.2, -0.15) is 0 Å². The van der Waals surface area contributed by atoms with Gasteiger partial charge in [0.2, 0.25) is 0 Å². The Labute approximate surface area is 77.1 Å². The number of hydrogen-bond donors (Lipinski definition) is 0. The van der Waals surface area contributed by atoms with E-state index in [-0.39, 0.29) is 0 Å². The van der Waals surface area contributed by atoms with Gasteiger partial charge in [-0.25, -0.2) is 0 Å². The highest BCUT2D eigenvalue weighted by molar-refractivity contribution is 5.12. The molecule has 1 fully saturated rings. The lowest BCUT2D eigenvalue weighted by Gasteiger charge is -2.05. The molecule has 0 amide bonds. The summed E-state index contributed by atoms with van der Waals surface area (Å²) in [5.74, 6) is 2.78. The van der Waals surface area contributed by atoms with Crippen molar-refractivity contribution >= 4 is 0 Å². The Hall–Kier alpha value is -0.260. The second-order valence-corrected chi connectivity index (χ2v) is 4.52. The van der Waals surface area contributed by atoms with Crippen molar-refractivity contribution in [2.24, 2.45) is 17.8 Å². The van der Waals surface area contributed by atoms with Crippen LogP contribution in [-0.2, 0) is 0 Å². The molecule has 1 saturated carbocycles. The van der Waals surface area contributed by atoms with E-state index in [1.165, 1.54) is 19.3 Å². The van der Waals surface area contributed by atoms with E-state index in [0.29, 0.717) is 0 Å². The van der Waals surface area contributed by atoms with E-state index in [4.69, 9.17) is 0 Å². The smallest absolute Gasteiger partial charge is 0.0177 e. The van der Waals surface area contributed by atoms with Crippen molar-refractivity contribution in [1.29, 1.82) is 0 Å². The molecule has 1 aliphatic rings. The Morgan fingerprint density at radius 2 is 2.17 bits per heavy atom. The van der Waals surface area contributed by atoms with Crippen molar-refractivity contribution < 1.29 is 0 Å². The average molecular weight is 166 g/mol. The van der Waals surface area contributed by atoms with Gasteiger partial charge >= 0.3 is 0 Å². The van der Waals surface area contributed by atoms with E-state index in [0.717, 1.165) is 17.8 Å². The zero-order chi connectivity index (χ0) is 9.14. The first-order chi connectivity index (χ1) is 5.65. The van der Waals surface area contributed by atoms with Crippen LogP contribution in [0.3, 0.4) is 0 Å². The molecule has 0 aromatic rings. The lowest BCUT2D eigenvalue weighted by Crippen LogP contribution is -1.90. The minimum Gasteiger partial charge on any atom is -0.0851 e. The molecule has 1 aliphatic carbocycles. The standard InChI is InChI=1S/C12H22/c1-5-9(2)6-7-10(3)12-8-11(12)4/h7,9,11-12H,5-6,8H2,1-4H3. The van der Waals surface area contributed by atoms with Crippen molar-refractivity contribution in [3.05, 3.63) is 11.6 Å². The van der Waals surface area contributed by atoms with Gasteiger partial charge < -0.3 is 0 Å². The summed E-state index contributed by atoms with van der Waals surface area (Å²) in [5, 5.41) is 0. The fourth-order valence-electron chi connectivity index (χ4n) is 1.66. The average Bonchev–Trinajstić information content (AvgIpc) is 2.77. The second-order valence-electron chi connectivity index (χ2n) is 4.52. The molecule has 0 heterocycles. The molecular weight excluding hydrogens is 144 g/mol. The molecule has 70 valence electrons. The third-order valence-electron chi connectivity index (χ3n) is 3.23. The summed E-state index contributed by atoms with van der Waals surface area (Å²) < 4.78 is 0. The Kier molecular flexibility index (Phi) is 3.37. The molecule has 0 spiro atoms. The van der Waals surface area contributed by atoms with Crippen LogP contribution in [-0.4, -0.2) is 0 Å². The van der Waals surface area contributed by atoms with Crippen LogP contribution in [0.5, 0.6) is 0 Å². The van der Waals surface area contributed by atoms with E-state index < -0.39 is 0 Å². The van der Waals surface area contributed by atoms with Crippen LogP contribution in [0.2, 0.25) is 0 Å². The van der Waals surface area contributed by atoms with Gasteiger partial charge in [-0.3, -0.25) is 0 Å². The normalized spacial score (nSPS) is 31.8. The molecule has 0 nitrogen and oxygen atoms in total. The topological polar surface area (TPSA) is 0 Å². The molecule has 0 radical (unpaired) electrons. The Morgan fingerprint density at radius 3 is 2.58 bits per heavy atom.